The number of nitrogen functional groups attached to an aromatic ring is 1. The number of aromatic nitrogens is 1. The number of pyridine rings is 1. The van der Waals surface area contributed by atoms with Gasteiger partial charge in [-0.25, -0.2) is 22.6 Å². The van der Waals surface area contributed by atoms with Crippen LogP contribution in [0.5, 0.6) is 11.5 Å². The fraction of sp³-hybridized carbons (Fsp3) is 0.343. The Morgan fingerprint density at radius 3 is 2.51 bits per heavy atom. The lowest BCUT2D eigenvalue weighted by Gasteiger charge is -2.32. The van der Waals surface area contributed by atoms with Crippen molar-refractivity contribution in [2.24, 2.45) is 0 Å². The number of fused-ring (bicyclic) bond motifs is 1. The maximum absolute atomic E-state index is 16.0. The molecule has 1 saturated heterocycles. The Labute approximate surface area is 284 Å². The van der Waals surface area contributed by atoms with E-state index in [0.29, 0.717) is 41.0 Å². The van der Waals surface area contributed by atoms with E-state index in [2.05, 4.69) is 15.6 Å². The van der Waals surface area contributed by atoms with Gasteiger partial charge in [-0.1, -0.05) is 0 Å². The van der Waals surface area contributed by atoms with E-state index in [0.717, 1.165) is 5.39 Å². The molecule has 14 heteroatoms. The van der Waals surface area contributed by atoms with Gasteiger partial charge in [0.25, 0.3) is 0 Å². The summed E-state index contributed by atoms with van der Waals surface area (Å²) in [6.07, 6.45) is 1.82. The standard InChI is InChI=1S/C35H40FN5O7S/c1-6-48-30-18-25(27(36)19-29(30)46-4)32(39-22-9-11-24-21(16-22)13-14-38-33(24)37)34(42)41-15-7-8-28(41)26-17-23(40-35(43)47-5)10-12-31(26)49(44,45)20(2)3/h9-14,16-20,28,32,39H,6-8,15H2,1-5H3,(H2,37,38)(H,40,43)/t28-,32-/m1/s1. The van der Waals surface area contributed by atoms with Crippen molar-refractivity contribution in [1.82, 2.24) is 9.88 Å². The molecule has 0 spiro atoms. The number of anilines is 3. The van der Waals surface area contributed by atoms with Crippen molar-refractivity contribution in [3.8, 4) is 11.5 Å². The zero-order chi connectivity index (χ0) is 35.5. The first kappa shape index (κ1) is 35.2. The lowest BCUT2D eigenvalue weighted by Crippen LogP contribution is -2.38. The Bertz CT molecular complexity index is 1990. The van der Waals surface area contributed by atoms with Crippen LogP contribution in [0.4, 0.5) is 26.4 Å². The molecule has 12 nitrogen and oxygen atoms in total. The van der Waals surface area contributed by atoms with Gasteiger partial charge in [-0.15, -0.1) is 0 Å². The van der Waals surface area contributed by atoms with Crippen molar-refractivity contribution in [2.45, 2.75) is 55.8 Å². The number of rotatable bonds is 11. The number of nitrogens with one attached hydrogen (secondary N) is 2. The SMILES string of the molecule is CCOc1cc([C@@H](Nc2ccc3c(N)nccc3c2)C(=O)N2CCC[C@@H]2c2cc(NC(=O)OC)ccc2S(=O)(=O)C(C)C)c(F)cc1OC. The van der Waals surface area contributed by atoms with Crippen LogP contribution < -0.4 is 25.8 Å². The highest BCUT2D eigenvalue weighted by atomic mass is 32.2. The van der Waals surface area contributed by atoms with Crippen molar-refractivity contribution in [3.63, 3.8) is 0 Å². The van der Waals surface area contributed by atoms with Gasteiger partial charge in [0.15, 0.2) is 21.3 Å². The molecule has 0 bridgehead atoms. The van der Waals surface area contributed by atoms with Crippen molar-refractivity contribution < 1.29 is 36.6 Å². The maximum Gasteiger partial charge on any atom is 0.411 e. The van der Waals surface area contributed by atoms with Crippen molar-refractivity contribution in [3.05, 3.63) is 77.7 Å². The minimum atomic E-state index is -3.82. The third-order valence-corrected chi connectivity index (χ3v) is 10.7. The first-order valence-electron chi connectivity index (χ1n) is 15.8. The van der Waals surface area contributed by atoms with E-state index >= 15 is 4.39 Å². The van der Waals surface area contributed by atoms with Gasteiger partial charge in [0.2, 0.25) is 5.91 Å². The first-order chi connectivity index (χ1) is 23.4. The summed E-state index contributed by atoms with van der Waals surface area (Å²) in [5.74, 6) is -0.440. The lowest BCUT2D eigenvalue weighted by atomic mass is 10.00. The number of halogens is 1. The summed E-state index contributed by atoms with van der Waals surface area (Å²) in [6, 6.07) is 12.1. The normalized spacial score (nSPS) is 15.2. The number of hydrogen-bond donors (Lipinski definition) is 3. The Kier molecular flexibility index (Phi) is 10.5. The smallest absolute Gasteiger partial charge is 0.411 e. The molecule has 0 radical (unpaired) electrons. The van der Waals surface area contributed by atoms with Gasteiger partial charge < -0.3 is 30.2 Å². The number of amides is 2. The molecule has 49 heavy (non-hydrogen) atoms. The molecule has 0 unspecified atom stereocenters. The van der Waals surface area contributed by atoms with Crippen molar-refractivity contribution in [2.75, 3.05) is 43.7 Å². The van der Waals surface area contributed by atoms with Crippen LogP contribution in [0.1, 0.15) is 56.8 Å². The highest BCUT2D eigenvalue weighted by molar-refractivity contribution is 7.92. The molecular weight excluding hydrogens is 653 g/mol. The number of hydrogen-bond acceptors (Lipinski definition) is 10. The van der Waals surface area contributed by atoms with E-state index in [1.165, 1.54) is 38.5 Å². The first-order valence-corrected chi connectivity index (χ1v) is 17.4. The lowest BCUT2D eigenvalue weighted by molar-refractivity contribution is -0.133. The molecule has 260 valence electrons. The molecular formula is C35H40FN5O7S. The van der Waals surface area contributed by atoms with Gasteiger partial charge >= 0.3 is 6.09 Å². The number of nitrogens with zero attached hydrogens (tertiary/aromatic N) is 2. The van der Waals surface area contributed by atoms with Crippen LogP contribution in [0.15, 0.2) is 65.7 Å². The molecule has 0 aliphatic carbocycles. The maximum atomic E-state index is 16.0. The third-order valence-electron chi connectivity index (χ3n) is 8.51. The zero-order valence-corrected chi connectivity index (χ0v) is 28.8. The highest BCUT2D eigenvalue weighted by Crippen LogP contribution is 2.41. The summed E-state index contributed by atoms with van der Waals surface area (Å²) in [6.45, 7) is 5.47. The second-order valence-corrected chi connectivity index (χ2v) is 14.3. The van der Waals surface area contributed by atoms with Crippen LogP contribution in [-0.2, 0) is 19.4 Å². The van der Waals surface area contributed by atoms with Crippen molar-refractivity contribution in [1.29, 1.82) is 0 Å². The van der Waals surface area contributed by atoms with Gasteiger partial charge in [0, 0.05) is 41.1 Å². The molecule has 3 aromatic carbocycles. The molecule has 1 aliphatic heterocycles. The summed E-state index contributed by atoms with van der Waals surface area (Å²) < 4.78 is 59.0. The van der Waals surface area contributed by atoms with Crippen LogP contribution >= 0.6 is 0 Å². The summed E-state index contributed by atoms with van der Waals surface area (Å²) in [5.41, 5.74) is 7.21. The summed E-state index contributed by atoms with van der Waals surface area (Å²) in [5, 5.41) is 6.53. The molecule has 1 aromatic heterocycles. The third kappa shape index (κ3) is 7.19. The predicted molar refractivity (Wildman–Crippen MR) is 185 cm³/mol. The van der Waals surface area contributed by atoms with E-state index in [1.807, 2.05) is 0 Å². The minimum Gasteiger partial charge on any atom is -0.493 e. The zero-order valence-electron chi connectivity index (χ0n) is 27.9. The number of benzene rings is 3. The van der Waals surface area contributed by atoms with E-state index in [4.69, 9.17) is 19.9 Å². The Balaban J connectivity index is 1.63. The number of carbonyl (C=O) groups excluding carboxylic acids is 2. The largest absolute Gasteiger partial charge is 0.493 e. The highest BCUT2D eigenvalue weighted by Gasteiger charge is 2.39. The molecule has 2 amide bonds. The molecule has 5 rings (SSSR count). The van der Waals surface area contributed by atoms with Crippen LogP contribution in [0, 0.1) is 5.82 Å². The number of sulfone groups is 1. The van der Waals surface area contributed by atoms with Gasteiger partial charge in [-0.05, 0) is 93.1 Å². The molecule has 1 fully saturated rings. The van der Waals surface area contributed by atoms with Gasteiger partial charge in [-0.2, -0.15) is 0 Å². The minimum absolute atomic E-state index is 0.00498. The van der Waals surface area contributed by atoms with Crippen LogP contribution in [0.25, 0.3) is 10.8 Å². The molecule has 1 aliphatic rings. The molecule has 4 aromatic rings. The molecule has 4 N–H and O–H groups in total. The number of likely N-dealkylation sites (tertiary alicyclic amines) is 1. The second-order valence-electron chi connectivity index (χ2n) is 11.8. The van der Waals surface area contributed by atoms with Crippen LogP contribution in [0.2, 0.25) is 0 Å². The van der Waals surface area contributed by atoms with E-state index in [9.17, 15) is 18.0 Å². The number of ether oxygens (including phenoxy) is 3. The van der Waals surface area contributed by atoms with Gasteiger partial charge in [0.05, 0.1) is 37.0 Å². The van der Waals surface area contributed by atoms with Gasteiger partial charge in [0.1, 0.15) is 17.7 Å². The molecule has 0 saturated carbocycles. The Morgan fingerprint density at radius 2 is 1.82 bits per heavy atom. The average Bonchev–Trinajstić information content (AvgIpc) is 3.57. The fourth-order valence-electron chi connectivity index (χ4n) is 6.02. The van der Waals surface area contributed by atoms with E-state index < -0.39 is 45.0 Å². The molecule has 2 atom stereocenters. The number of methoxy groups -OCH3 is 2. The molecule has 2 heterocycles. The monoisotopic (exact) mass is 693 g/mol. The average molecular weight is 694 g/mol. The van der Waals surface area contributed by atoms with Crippen LogP contribution in [-0.4, -0.2) is 62.9 Å². The number of carbonyl (C=O) groups is 2. The quantitative estimate of drug-likeness (QED) is 0.164. The number of nitrogens with two attached hydrogens (primary N) is 1. The summed E-state index contributed by atoms with van der Waals surface area (Å²) in [7, 11) is -1.21. The van der Waals surface area contributed by atoms with E-state index in [-0.39, 0.29) is 35.1 Å². The van der Waals surface area contributed by atoms with Crippen LogP contribution in [0.3, 0.4) is 0 Å². The second kappa shape index (κ2) is 14.6. The summed E-state index contributed by atoms with van der Waals surface area (Å²) >= 11 is 0. The summed E-state index contributed by atoms with van der Waals surface area (Å²) in [4.78, 5) is 32.6. The van der Waals surface area contributed by atoms with Crippen molar-refractivity contribution >= 4 is 49.8 Å². The Morgan fingerprint density at radius 1 is 1.06 bits per heavy atom. The van der Waals surface area contributed by atoms with E-state index in [1.54, 1.807) is 62.2 Å². The van der Waals surface area contributed by atoms with Gasteiger partial charge in [-0.3, -0.25) is 10.1 Å². The topological polar surface area (TPSA) is 162 Å². The fourth-order valence-corrected chi connectivity index (χ4v) is 7.31. The predicted octanol–water partition coefficient (Wildman–Crippen LogP) is 6.24. The Hall–Kier alpha value is -5.11.